The molecule has 57 valence electrons. The van der Waals surface area contributed by atoms with E-state index >= 15 is 0 Å². The average Bonchev–Trinajstić information content (AvgIpc) is 2.05. The molecule has 0 bridgehead atoms. The van der Waals surface area contributed by atoms with Crippen LogP contribution in [0, 0.1) is 0 Å². The van der Waals surface area contributed by atoms with Crippen molar-refractivity contribution in [1.29, 1.82) is 0 Å². The summed E-state index contributed by atoms with van der Waals surface area (Å²) in [5.41, 5.74) is 6.08. The van der Waals surface area contributed by atoms with Gasteiger partial charge in [-0.15, -0.1) is 0 Å². The highest BCUT2D eigenvalue weighted by Gasteiger charge is 1.98. The van der Waals surface area contributed by atoms with Gasteiger partial charge in [-0.25, -0.2) is 5.11 Å². The molecule has 0 unspecified atom stereocenters. The number of amides is 1. The predicted octanol–water partition coefficient (Wildman–Crippen LogP) is 0.716. The van der Waals surface area contributed by atoms with Crippen molar-refractivity contribution in [3.8, 4) is 0 Å². The Morgan fingerprint density at radius 3 is 2.18 bits per heavy atom. The lowest BCUT2D eigenvalue weighted by molar-refractivity contribution is 0.1000. The Morgan fingerprint density at radius 1 is 1.27 bits per heavy atom. The molecule has 2 N–H and O–H groups in total. The molecule has 0 aliphatic carbocycles. The summed E-state index contributed by atoms with van der Waals surface area (Å²) in [4.78, 5) is 10.5. The van der Waals surface area contributed by atoms with E-state index in [1.54, 1.807) is 24.3 Å². The quantitative estimate of drug-likeness (QED) is 0.663. The second-order valence-corrected chi connectivity index (χ2v) is 2.21. The first-order valence-corrected chi connectivity index (χ1v) is 3.21. The maximum absolute atomic E-state index is 10.5. The third-order valence-corrected chi connectivity index (χ3v) is 1.41. The van der Waals surface area contributed by atoms with E-state index in [0.29, 0.717) is 11.1 Å². The summed E-state index contributed by atoms with van der Waals surface area (Å²) in [7, 11) is 0. The highest BCUT2D eigenvalue weighted by Crippen LogP contribution is 2.02. The van der Waals surface area contributed by atoms with Crippen molar-refractivity contribution < 1.29 is 9.90 Å². The largest absolute Gasteiger partial charge is 0.366 e. The van der Waals surface area contributed by atoms with Crippen LogP contribution in [-0.4, -0.2) is 5.91 Å². The van der Waals surface area contributed by atoms with Crippen molar-refractivity contribution in [2.75, 3.05) is 0 Å². The third kappa shape index (κ3) is 1.78. The summed E-state index contributed by atoms with van der Waals surface area (Å²) in [6.07, 6.45) is 0. The van der Waals surface area contributed by atoms with E-state index in [9.17, 15) is 9.90 Å². The molecule has 1 rings (SSSR count). The van der Waals surface area contributed by atoms with Gasteiger partial charge in [0.2, 0.25) is 5.91 Å². The average molecular weight is 150 g/mol. The van der Waals surface area contributed by atoms with Gasteiger partial charge in [0.25, 0.3) is 0 Å². The fourth-order valence-corrected chi connectivity index (χ4v) is 0.765. The molecule has 1 aromatic rings. The third-order valence-electron chi connectivity index (χ3n) is 1.41. The minimum atomic E-state index is -0.470. The molecule has 0 atom stereocenters. The molecule has 0 saturated carbocycles. The van der Waals surface area contributed by atoms with Gasteiger partial charge in [0.05, 0.1) is 0 Å². The number of primary amides is 1. The maximum Gasteiger partial charge on any atom is 0.248 e. The first-order valence-electron chi connectivity index (χ1n) is 3.21. The van der Waals surface area contributed by atoms with Crippen molar-refractivity contribution in [3.63, 3.8) is 0 Å². The Labute approximate surface area is 64.5 Å². The fraction of sp³-hybridized carbons (Fsp3) is 0.125. The topological polar surface area (TPSA) is 63.0 Å². The van der Waals surface area contributed by atoms with Crippen molar-refractivity contribution >= 4 is 5.91 Å². The van der Waals surface area contributed by atoms with Crippen LogP contribution < -0.4 is 5.73 Å². The Morgan fingerprint density at radius 2 is 1.82 bits per heavy atom. The zero-order valence-corrected chi connectivity index (χ0v) is 5.91. The summed E-state index contributed by atoms with van der Waals surface area (Å²) in [6, 6.07) is 6.31. The van der Waals surface area contributed by atoms with Crippen molar-refractivity contribution in [1.82, 2.24) is 0 Å². The molecular weight excluding hydrogens is 142 g/mol. The smallest absolute Gasteiger partial charge is 0.248 e. The summed E-state index contributed by atoms with van der Waals surface area (Å²) in [5, 5.41) is 10.3. The summed E-state index contributed by atoms with van der Waals surface area (Å²) < 4.78 is 0. The van der Waals surface area contributed by atoms with Crippen LogP contribution >= 0.6 is 0 Å². The zero-order valence-electron chi connectivity index (χ0n) is 5.91. The van der Waals surface area contributed by atoms with E-state index in [4.69, 9.17) is 5.73 Å². The van der Waals surface area contributed by atoms with Gasteiger partial charge in [-0.3, -0.25) is 4.79 Å². The lowest BCUT2D eigenvalue weighted by Crippen LogP contribution is -2.10. The number of carbonyl (C=O) groups excluding carboxylic acids is 1. The van der Waals surface area contributed by atoms with Crippen LogP contribution in [-0.2, 0) is 11.7 Å². The summed E-state index contributed by atoms with van der Waals surface area (Å²) in [6.45, 7) is -0.265. The molecule has 3 nitrogen and oxygen atoms in total. The number of rotatable bonds is 2. The van der Waals surface area contributed by atoms with Crippen LogP contribution in [0.4, 0.5) is 0 Å². The van der Waals surface area contributed by atoms with E-state index in [-0.39, 0.29) is 6.61 Å². The van der Waals surface area contributed by atoms with Gasteiger partial charge < -0.3 is 5.73 Å². The standard InChI is InChI=1S/C8H8NO2/c9-8(11)7-3-1-6(5-10)2-4-7/h1-4H,5H2,(H2,9,11). The van der Waals surface area contributed by atoms with Gasteiger partial charge in [-0.1, -0.05) is 12.1 Å². The number of hydrogen-bond acceptors (Lipinski definition) is 1. The highest BCUT2D eigenvalue weighted by atomic mass is 16.3. The van der Waals surface area contributed by atoms with Crippen LogP contribution in [0.25, 0.3) is 0 Å². The van der Waals surface area contributed by atoms with E-state index < -0.39 is 5.91 Å². The van der Waals surface area contributed by atoms with E-state index in [1.807, 2.05) is 0 Å². The van der Waals surface area contributed by atoms with Crippen LogP contribution in [0.3, 0.4) is 0 Å². The van der Waals surface area contributed by atoms with Gasteiger partial charge in [-0.05, 0) is 17.7 Å². The van der Waals surface area contributed by atoms with Gasteiger partial charge in [0.15, 0.2) is 0 Å². The zero-order chi connectivity index (χ0) is 8.27. The number of carbonyl (C=O) groups is 1. The summed E-state index contributed by atoms with van der Waals surface area (Å²) >= 11 is 0. The molecule has 0 saturated heterocycles. The molecule has 0 aliphatic rings. The van der Waals surface area contributed by atoms with E-state index in [1.165, 1.54) is 0 Å². The Balaban J connectivity index is 2.91. The van der Waals surface area contributed by atoms with E-state index in [2.05, 4.69) is 0 Å². The minimum Gasteiger partial charge on any atom is -0.366 e. The van der Waals surface area contributed by atoms with Crippen molar-refractivity contribution in [3.05, 3.63) is 35.4 Å². The number of hydrogen-bond donors (Lipinski definition) is 1. The minimum absolute atomic E-state index is 0.265. The second kappa shape index (κ2) is 3.16. The predicted molar refractivity (Wildman–Crippen MR) is 39.4 cm³/mol. The van der Waals surface area contributed by atoms with Gasteiger partial charge in [-0.2, -0.15) is 0 Å². The van der Waals surface area contributed by atoms with Gasteiger partial charge in [0.1, 0.15) is 6.61 Å². The molecule has 11 heavy (non-hydrogen) atoms. The molecule has 1 amide bonds. The van der Waals surface area contributed by atoms with Gasteiger partial charge in [0, 0.05) is 5.56 Å². The molecule has 0 spiro atoms. The monoisotopic (exact) mass is 150 g/mol. The van der Waals surface area contributed by atoms with Crippen molar-refractivity contribution in [2.24, 2.45) is 5.73 Å². The van der Waals surface area contributed by atoms with E-state index in [0.717, 1.165) is 0 Å². The maximum atomic E-state index is 10.5. The Bertz CT molecular complexity index is 253. The number of nitrogens with two attached hydrogens (primary N) is 1. The molecule has 1 radical (unpaired) electrons. The Kier molecular flexibility index (Phi) is 2.23. The van der Waals surface area contributed by atoms with Crippen LogP contribution in [0.1, 0.15) is 15.9 Å². The molecule has 1 aromatic carbocycles. The molecule has 0 heterocycles. The first-order chi connectivity index (χ1) is 5.24. The molecule has 0 aromatic heterocycles. The normalized spacial score (nSPS) is 9.55. The molecule has 0 aliphatic heterocycles. The molecule has 0 fully saturated rings. The highest BCUT2D eigenvalue weighted by molar-refractivity contribution is 5.92. The molecular formula is C8H8NO2. The van der Waals surface area contributed by atoms with Crippen molar-refractivity contribution in [2.45, 2.75) is 6.61 Å². The summed E-state index contributed by atoms with van der Waals surface area (Å²) in [5.74, 6) is -0.470. The van der Waals surface area contributed by atoms with Crippen LogP contribution in [0.5, 0.6) is 0 Å². The lowest BCUT2D eigenvalue weighted by Gasteiger charge is -1.95. The fourth-order valence-electron chi connectivity index (χ4n) is 0.765. The molecule has 3 heteroatoms. The van der Waals surface area contributed by atoms with Crippen LogP contribution in [0.2, 0.25) is 0 Å². The first kappa shape index (κ1) is 7.75. The Hall–Kier alpha value is -1.35. The SMILES string of the molecule is NC(=O)c1ccc(C[O])cc1. The van der Waals surface area contributed by atoms with Gasteiger partial charge >= 0.3 is 0 Å². The van der Waals surface area contributed by atoms with Crippen LogP contribution in [0.15, 0.2) is 24.3 Å². The lowest BCUT2D eigenvalue weighted by atomic mass is 10.1. The number of benzene rings is 1. The second-order valence-electron chi connectivity index (χ2n) is 2.21.